The number of carbonyl (C=O) groups is 1. The second-order valence-electron chi connectivity index (χ2n) is 10.3. The molecule has 1 saturated heterocycles. The number of rotatable bonds is 8. The maximum Gasteiger partial charge on any atom is 0.186 e. The molecule has 6 rings (SSSR count). The second kappa shape index (κ2) is 12.4. The summed E-state index contributed by atoms with van der Waals surface area (Å²) in [6.45, 7) is 3.87. The molecule has 41 heavy (non-hydrogen) atoms. The van der Waals surface area contributed by atoms with Gasteiger partial charge in [0, 0.05) is 36.8 Å². The monoisotopic (exact) mass is 576 g/mol. The summed E-state index contributed by atoms with van der Waals surface area (Å²) in [7, 11) is 0. The van der Waals surface area contributed by atoms with E-state index in [2.05, 4.69) is 112 Å². The molecule has 206 valence electrons. The zero-order valence-electron chi connectivity index (χ0n) is 23.0. The van der Waals surface area contributed by atoms with Gasteiger partial charge in [-0.1, -0.05) is 103 Å². The zero-order chi connectivity index (χ0) is 28.1. The van der Waals surface area contributed by atoms with E-state index in [1.54, 1.807) is 18.3 Å². The van der Waals surface area contributed by atoms with Crippen molar-refractivity contribution >= 4 is 34.3 Å². The Hall–Kier alpha value is -3.78. The van der Waals surface area contributed by atoms with Gasteiger partial charge in [-0.2, -0.15) is 5.10 Å². The van der Waals surface area contributed by atoms with Crippen molar-refractivity contribution in [2.75, 3.05) is 13.1 Å². The first-order chi connectivity index (χ1) is 20.1. The molecule has 0 bridgehead atoms. The number of hydrogen-bond donors (Lipinski definition) is 0. The number of aromatic nitrogens is 3. The van der Waals surface area contributed by atoms with Crippen LogP contribution in [0.5, 0.6) is 0 Å². The van der Waals surface area contributed by atoms with Crippen molar-refractivity contribution in [1.29, 1.82) is 0 Å². The quantitative estimate of drug-likeness (QED) is 0.184. The third-order valence-electron chi connectivity index (χ3n) is 7.61. The molecular weight excluding hydrogens is 545 g/mol. The van der Waals surface area contributed by atoms with Gasteiger partial charge in [0.2, 0.25) is 0 Å². The van der Waals surface area contributed by atoms with Gasteiger partial charge >= 0.3 is 0 Å². The highest BCUT2D eigenvalue weighted by atomic mass is 32.2. The smallest absolute Gasteiger partial charge is 0.186 e. The first kappa shape index (κ1) is 27.4. The molecule has 0 amide bonds. The summed E-state index contributed by atoms with van der Waals surface area (Å²) in [6, 6.07) is 34.4. The average Bonchev–Trinajstić information content (AvgIpc) is 3.69. The Kier molecular flexibility index (Phi) is 8.28. The molecule has 0 radical (unpaired) electrons. The topological polar surface area (TPSA) is 51.0 Å². The van der Waals surface area contributed by atoms with Crippen LogP contribution in [0.15, 0.2) is 120 Å². The molecule has 1 unspecified atom stereocenters. The number of piperidine rings is 1. The van der Waals surface area contributed by atoms with Crippen LogP contribution in [0.2, 0.25) is 0 Å². The first-order valence-electron chi connectivity index (χ1n) is 13.8. The fourth-order valence-electron chi connectivity index (χ4n) is 5.92. The molecule has 2 aromatic heterocycles. The molecule has 1 atom stereocenters. The summed E-state index contributed by atoms with van der Waals surface area (Å²) in [5, 5.41) is 7.14. The number of nitrogens with zero attached hydrogens (tertiary/aromatic N) is 4. The minimum Gasteiger partial charge on any atom is -0.288 e. The van der Waals surface area contributed by atoms with Crippen molar-refractivity contribution in [3.8, 4) is 0 Å². The van der Waals surface area contributed by atoms with Crippen LogP contribution in [0.4, 0.5) is 0 Å². The van der Waals surface area contributed by atoms with E-state index in [0.717, 1.165) is 24.4 Å². The van der Waals surface area contributed by atoms with Crippen molar-refractivity contribution < 1.29 is 4.79 Å². The van der Waals surface area contributed by atoms with Crippen molar-refractivity contribution in [2.24, 2.45) is 0 Å². The Bertz CT molecular complexity index is 1500. The van der Waals surface area contributed by atoms with Crippen LogP contribution in [0.1, 0.15) is 41.4 Å². The summed E-state index contributed by atoms with van der Waals surface area (Å²) in [5.41, 5.74) is 8.13. The second-order valence-corrected chi connectivity index (χ2v) is 12.4. The average molecular weight is 577 g/mol. The van der Waals surface area contributed by atoms with E-state index in [1.807, 2.05) is 22.5 Å². The summed E-state index contributed by atoms with van der Waals surface area (Å²) < 4.78 is 1.93. The predicted octanol–water partition coefficient (Wildman–Crippen LogP) is 7.12. The molecule has 5 aromatic rings. The standard InChI is InChI=1S/C34H32N4OS2/c1-26(39)41-33-18-19-37(22-27(33)21-31-17-20-38(36-31)23-32-24-40-25-35-32)34(28-11-5-2-6-12-28,29-13-7-3-8-14-29)30-15-9-4-10-16-30/h2-17,20-21,24-25,33H,18-19,22-23H2,1H3/b27-21-. The summed E-state index contributed by atoms with van der Waals surface area (Å²) in [5.74, 6) is 0. The van der Waals surface area contributed by atoms with Gasteiger partial charge in [-0.05, 0) is 40.8 Å². The number of thiazole rings is 1. The van der Waals surface area contributed by atoms with Crippen LogP contribution < -0.4 is 0 Å². The molecule has 0 aliphatic carbocycles. The Balaban J connectivity index is 1.44. The molecule has 3 heterocycles. The molecule has 1 aliphatic rings. The normalized spacial score (nSPS) is 17.1. The largest absolute Gasteiger partial charge is 0.288 e. The van der Waals surface area contributed by atoms with Crippen molar-refractivity contribution in [3.63, 3.8) is 0 Å². The Morgan fingerprint density at radius 2 is 1.56 bits per heavy atom. The fourth-order valence-corrected chi connectivity index (χ4v) is 7.39. The molecule has 1 aliphatic heterocycles. The van der Waals surface area contributed by atoms with Gasteiger partial charge in [-0.15, -0.1) is 11.3 Å². The van der Waals surface area contributed by atoms with Gasteiger partial charge in [0.1, 0.15) is 0 Å². The molecule has 1 fully saturated rings. The van der Waals surface area contributed by atoms with Crippen LogP contribution in [-0.2, 0) is 16.9 Å². The number of hydrogen-bond acceptors (Lipinski definition) is 6. The first-order valence-corrected chi connectivity index (χ1v) is 15.6. The fraction of sp³-hybridized carbons (Fsp3) is 0.206. The lowest BCUT2D eigenvalue weighted by Crippen LogP contribution is -2.52. The van der Waals surface area contributed by atoms with Crippen LogP contribution in [0, 0.1) is 0 Å². The van der Waals surface area contributed by atoms with Crippen LogP contribution in [0.3, 0.4) is 0 Å². The highest BCUT2D eigenvalue weighted by Crippen LogP contribution is 2.45. The van der Waals surface area contributed by atoms with Crippen molar-refractivity contribution in [2.45, 2.75) is 30.7 Å². The molecule has 5 nitrogen and oxygen atoms in total. The summed E-state index contributed by atoms with van der Waals surface area (Å²) in [4.78, 5) is 19.3. The van der Waals surface area contributed by atoms with E-state index < -0.39 is 5.54 Å². The number of carbonyl (C=O) groups excluding carboxylic acids is 1. The third-order valence-corrected chi connectivity index (χ3v) is 9.40. The summed E-state index contributed by atoms with van der Waals surface area (Å²) in [6.07, 6.45) is 5.06. The lowest BCUT2D eigenvalue weighted by Gasteiger charge is -2.49. The SMILES string of the molecule is CC(=O)SC1CCN(C(c2ccccc2)(c2ccccc2)c2ccccc2)C/C1=C/c1ccn(Cc2cscn2)n1. The molecule has 3 aromatic carbocycles. The zero-order valence-corrected chi connectivity index (χ0v) is 24.6. The van der Waals surface area contributed by atoms with E-state index in [4.69, 9.17) is 5.10 Å². The van der Waals surface area contributed by atoms with E-state index >= 15 is 0 Å². The van der Waals surface area contributed by atoms with E-state index in [1.165, 1.54) is 34.0 Å². The highest BCUT2D eigenvalue weighted by Gasteiger charge is 2.44. The van der Waals surface area contributed by atoms with Crippen molar-refractivity contribution in [3.05, 3.63) is 148 Å². The Morgan fingerprint density at radius 3 is 2.10 bits per heavy atom. The molecular formula is C34H32N4OS2. The molecule has 0 saturated carbocycles. The number of likely N-dealkylation sites (tertiary alicyclic amines) is 1. The number of benzene rings is 3. The maximum atomic E-state index is 12.3. The lowest BCUT2D eigenvalue weighted by atomic mass is 9.74. The van der Waals surface area contributed by atoms with E-state index in [-0.39, 0.29) is 10.4 Å². The predicted molar refractivity (Wildman–Crippen MR) is 169 cm³/mol. The van der Waals surface area contributed by atoms with Crippen LogP contribution in [0.25, 0.3) is 6.08 Å². The van der Waals surface area contributed by atoms with Gasteiger partial charge in [0.15, 0.2) is 5.12 Å². The minimum atomic E-state index is -0.501. The van der Waals surface area contributed by atoms with E-state index in [0.29, 0.717) is 13.1 Å². The Labute approximate surface area is 249 Å². The lowest BCUT2D eigenvalue weighted by molar-refractivity contribution is -0.109. The molecule has 7 heteroatoms. The van der Waals surface area contributed by atoms with Gasteiger partial charge in [-0.3, -0.25) is 14.4 Å². The molecule has 0 spiro atoms. The van der Waals surface area contributed by atoms with Gasteiger partial charge in [0.25, 0.3) is 0 Å². The molecule has 0 N–H and O–H groups in total. The number of thioether (sulfide) groups is 1. The van der Waals surface area contributed by atoms with Gasteiger partial charge in [0.05, 0.1) is 29.0 Å². The van der Waals surface area contributed by atoms with Gasteiger partial charge < -0.3 is 0 Å². The van der Waals surface area contributed by atoms with E-state index in [9.17, 15) is 4.79 Å². The Morgan fingerprint density at radius 1 is 0.951 bits per heavy atom. The van der Waals surface area contributed by atoms with Gasteiger partial charge in [-0.25, -0.2) is 4.98 Å². The minimum absolute atomic E-state index is 0.104. The highest BCUT2D eigenvalue weighted by molar-refractivity contribution is 8.14. The summed E-state index contributed by atoms with van der Waals surface area (Å²) >= 11 is 3.03. The van der Waals surface area contributed by atoms with Crippen LogP contribution in [-0.4, -0.2) is 43.1 Å². The van der Waals surface area contributed by atoms with Crippen molar-refractivity contribution in [1.82, 2.24) is 19.7 Å². The maximum absolute atomic E-state index is 12.3. The van der Waals surface area contributed by atoms with Crippen LogP contribution >= 0.6 is 23.1 Å². The third kappa shape index (κ3) is 5.84.